The fraction of sp³-hybridized carbons (Fsp3) is 0. The van der Waals surface area contributed by atoms with Gasteiger partial charge < -0.3 is 5.73 Å². The summed E-state index contributed by atoms with van der Waals surface area (Å²) in [7, 11) is 0. The molecule has 0 saturated heterocycles. The molecule has 0 radical (unpaired) electrons. The van der Waals surface area contributed by atoms with Crippen LogP contribution in [-0.4, -0.2) is 24.5 Å². The fourth-order valence-electron chi connectivity index (χ4n) is 1.72. The molecule has 2 aromatic heterocycles. The molecule has 0 aliphatic heterocycles. The quantitative estimate of drug-likeness (QED) is 0.702. The van der Waals surface area contributed by atoms with Crippen molar-refractivity contribution in [2.24, 2.45) is 5.73 Å². The summed E-state index contributed by atoms with van der Waals surface area (Å²) in [5, 5.41) is 0. The molecule has 18 heavy (non-hydrogen) atoms. The smallest absolute Gasteiger partial charge is 0.236 e. The zero-order valence-corrected chi connectivity index (χ0v) is 10.1. The van der Waals surface area contributed by atoms with Crippen LogP contribution in [0, 0.1) is 0 Å². The lowest BCUT2D eigenvalue weighted by atomic mass is 10.3. The number of imidazole rings is 1. The number of thiocarbonyl (C=S) groups is 1. The van der Waals surface area contributed by atoms with Gasteiger partial charge >= 0.3 is 0 Å². The molecule has 0 aliphatic rings. The maximum Gasteiger partial charge on any atom is 0.236 e. The van der Waals surface area contributed by atoms with Crippen LogP contribution in [0.5, 0.6) is 0 Å². The van der Waals surface area contributed by atoms with Gasteiger partial charge in [0.05, 0.1) is 11.0 Å². The van der Waals surface area contributed by atoms with Gasteiger partial charge in [0, 0.05) is 6.20 Å². The molecule has 1 aromatic carbocycles. The Bertz CT molecular complexity index is 734. The molecule has 0 saturated carbocycles. The molecule has 0 fully saturated rings. The number of fused-ring (bicyclic) bond motifs is 1. The standard InChI is InChI=1S/C12H9N5S/c13-11(18)9-5-6-14-12(16-9)17-7-15-8-3-1-2-4-10(8)17/h1-7H,(H2,13,18). The van der Waals surface area contributed by atoms with Gasteiger partial charge in [-0.2, -0.15) is 0 Å². The minimum Gasteiger partial charge on any atom is -0.388 e. The summed E-state index contributed by atoms with van der Waals surface area (Å²) in [5.74, 6) is 0.508. The number of hydrogen-bond acceptors (Lipinski definition) is 4. The van der Waals surface area contributed by atoms with E-state index < -0.39 is 0 Å². The summed E-state index contributed by atoms with van der Waals surface area (Å²) in [5.41, 5.74) is 7.95. The second-order valence-corrected chi connectivity index (χ2v) is 4.15. The molecule has 2 heterocycles. The van der Waals surface area contributed by atoms with Crippen molar-refractivity contribution in [1.82, 2.24) is 19.5 Å². The van der Waals surface area contributed by atoms with Gasteiger partial charge in [0.15, 0.2) is 0 Å². The Labute approximate surface area is 108 Å². The van der Waals surface area contributed by atoms with Crippen molar-refractivity contribution in [3.63, 3.8) is 0 Å². The van der Waals surface area contributed by atoms with Gasteiger partial charge in [-0.15, -0.1) is 0 Å². The highest BCUT2D eigenvalue weighted by atomic mass is 32.1. The number of para-hydroxylation sites is 2. The number of nitrogens with zero attached hydrogens (tertiary/aromatic N) is 4. The van der Waals surface area contributed by atoms with Crippen LogP contribution in [0.2, 0.25) is 0 Å². The number of aromatic nitrogens is 4. The van der Waals surface area contributed by atoms with E-state index in [9.17, 15) is 0 Å². The third-order valence-electron chi connectivity index (χ3n) is 2.56. The molecule has 3 aromatic rings. The zero-order chi connectivity index (χ0) is 12.5. The molecule has 0 spiro atoms. The highest BCUT2D eigenvalue weighted by molar-refractivity contribution is 7.80. The summed E-state index contributed by atoms with van der Waals surface area (Å²) in [6.45, 7) is 0. The van der Waals surface area contributed by atoms with Crippen LogP contribution < -0.4 is 5.73 Å². The van der Waals surface area contributed by atoms with Crippen molar-refractivity contribution in [2.45, 2.75) is 0 Å². The molecule has 5 nitrogen and oxygen atoms in total. The van der Waals surface area contributed by atoms with E-state index >= 15 is 0 Å². The van der Waals surface area contributed by atoms with Crippen LogP contribution in [0.1, 0.15) is 5.69 Å². The SMILES string of the molecule is NC(=S)c1ccnc(-n2cnc3ccccc32)n1. The summed E-state index contributed by atoms with van der Waals surface area (Å²) in [4.78, 5) is 13.1. The van der Waals surface area contributed by atoms with Crippen LogP contribution in [0.15, 0.2) is 42.9 Å². The Morgan fingerprint density at radius 1 is 1.17 bits per heavy atom. The lowest BCUT2D eigenvalue weighted by Crippen LogP contribution is -2.13. The van der Waals surface area contributed by atoms with Gasteiger partial charge in [0.2, 0.25) is 5.95 Å². The Kier molecular flexibility index (Phi) is 2.49. The number of rotatable bonds is 2. The van der Waals surface area contributed by atoms with Crippen molar-refractivity contribution in [1.29, 1.82) is 0 Å². The van der Waals surface area contributed by atoms with Crippen molar-refractivity contribution in [2.75, 3.05) is 0 Å². The molecule has 3 rings (SSSR count). The van der Waals surface area contributed by atoms with E-state index in [0.29, 0.717) is 11.6 Å². The number of hydrogen-bond donors (Lipinski definition) is 1. The average molecular weight is 255 g/mol. The van der Waals surface area contributed by atoms with E-state index in [4.69, 9.17) is 18.0 Å². The molecule has 2 N–H and O–H groups in total. The summed E-state index contributed by atoms with van der Waals surface area (Å²) in [6, 6.07) is 9.46. The summed E-state index contributed by atoms with van der Waals surface area (Å²) in [6.07, 6.45) is 3.31. The van der Waals surface area contributed by atoms with Gasteiger partial charge in [-0.1, -0.05) is 24.4 Å². The number of benzene rings is 1. The van der Waals surface area contributed by atoms with E-state index in [2.05, 4.69) is 15.0 Å². The van der Waals surface area contributed by atoms with E-state index in [1.807, 2.05) is 24.3 Å². The number of nitrogens with two attached hydrogens (primary N) is 1. The maximum absolute atomic E-state index is 5.56. The van der Waals surface area contributed by atoms with Crippen LogP contribution in [-0.2, 0) is 0 Å². The van der Waals surface area contributed by atoms with E-state index in [1.165, 1.54) is 0 Å². The van der Waals surface area contributed by atoms with Gasteiger partial charge in [0.1, 0.15) is 17.0 Å². The predicted molar refractivity (Wildman–Crippen MR) is 72.5 cm³/mol. The topological polar surface area (TPSA) is 69.6 Å². The zero-order valence-electron chi connectivity index (χ0n) is 9.32. The maximum atomic E-state index is 5.56. The first-order valence-corrected chi connectivity index (χ1v) is 5.72. The van der Waals surface area contributed by atoms with Crippen molar-refractivity contribution >= 4 is 28.2 Å². The molecule has 6 heteroatoms. The second-order valence-electron chi connectivity index (χ2n) is 3.71. The largest absolute Gasteiger partial charge is 0.388 e. The minimum absolute atomic E-state index is 0.253. The lowest BCUT2D eigenvalue weighted by Gasteiger charge is -2.03. The van der Waals surface area contributed by atoms with Crippen molar-refractivity contribution in [3.8, 4) is 5.95 Å². The highest BCUT2D eigenvalue weighted by Crippen LogP contribution is 2.15. The van der Waals surface area contributed by atoms with Gasteiger partial charge in [-0.25, -0.2) is 15.0 Å². The van der Waals surface area contributed by atoms with Crippen LogP contribution in [0.4, 0.5) is 0 Å². The molecule has 0 unspecified atom stereocenters. The normalized spacial score (nSPS) is 10.7. The van der Waals surface area contributed by atoms with Crippen molar-refractivity contribution in [3.05, 3.63) is 48.5 Å². The molecular weight excluding hydrogens is 246 g/mol. The summed E-state index contributed by atoms with van der Waals surface area (Å²) >= 11 is 4.91. The molecule has 0 amide bonds. The van der Waals surface area contributed by atoms with Gasteiger partial charge in [-0.3, -0.25) is 4.57 Å². The third-order valence-corrected chi connectivity index (χ3v) is 2.77. The molecule has 88 valence electrons. The van der Waals surface area contributed by atoms with Crippen LogP contribution in [0.3, 0.4) is 0 Å². The minimum atomic E-state index is 0.253. The van der Waals surface area contributed by atoms with Gasteiger partial charge in [0.25, 0.3) is 0 Å². The lowest BCUT2D eigenvalue weighted by molar-refractivity contribution is 0.944. The fourth-order valence-corrected chi connectivity index (χ4v) is 1.83. The van der Waals surface area contributed by atoms with E-state index in [-0.39, 0.29) is 4.99 Å². The Morgan fingerprint density at radius 3 is 2.83 bits per heavy atom. The molecule has 0 aliphatic carbocycles. The Balaban J connectivity index is 2.20. The monoisotopic (exact) mass is 255 g/mol. The van der Waals surface area contributed by atoms with E-state index in [0.717, 1.165) is 11.0 Å². The third kappa shape index (κ3) is 1.72. The van der Waals surface area contributed by atoms with E-state index in [1.54, 1.807) is 23.2 Å². The first-order chi connectivity index (χ1) is 8.75. The molecule has 0 atom stereocenters. The van der Waals surface area contributed by atoms with Crippen molar-refractivity contribution < 1.29 is 0 Å². The Morgan fingerprint density at radius 2 is 2.00 bits per heavy atom. The Hall–Kier alpha value is -2.34. The second kappa shape index (κ2) is 4.15. The molecular formula is C12H9N5S. The van der Waals surface area contributed by atoms with Crippen LogP contribution >= 0.6 is 12.2 Å². The first kappa shape index (κ1) is 10.8. The van der Waals surface area contributed by atoms with Crippen LogP contribution in [0.25, 0.3) is 17.0 Å². The first-order valence-electron chi connectivity index (χ1n) is 5.31. The average Bonchev–Trinajstić information content (AvgIpc) is 2.82. The summed E-state index contributed by atoms with van der Waals surface area (Å²) < 4.78 is 1.80. The highest BCUT2D eigenvalue weighted by Gasteiger charge is 2.07. The predicted octanol–water partition coefficient (Wildman–Crippen LogP) is 1.45. The molecule has 0 bridgehead atoms. The van der Waals surface area contributed by atoms with Gasteiger partial charge in [-0.05, 0) is 18.2 Å².